The topological polar surface area (TPSA) is 51.7 Å². The van der Waals surface area contributed by atoms with Crippen molar-refractivity contribution in [2.45, 2.75) is 32.1 Å². The van der Waals surface area contributed by atoms with Crippen LogP contribution in [0.15, 0.2) is 24.4 Å². The summed E-state index contributed by atoms with van der Waals surface area (Å²) < 4.78 is 11.8. The molecule has 2 saturated heterocycles. The monoisotopic (exact) mass is 344 g/mol. The van der Waals surface area contributed by atoms with Crippen molar-refractivity contribution < 1.29 is 14.3 Å². The first-order valence-corrected chi connectivity index (χ1v) is 9.63. The summed E-state index contributed by atoms with van der Waals surface area (Å²) in [4.78, 5) is 18.8. The Balaban J connectivity index is 1.35. The molecule has 0 aromatic carbocycles. The minimum atomic E-state index is 0.0593. The van der Waals surface area contributed by atoms with Crippen LogP contribution in [-0.2, 0) is 9.47 Å². The Morgan fingerprint density at radius 3 is 2.80 bits per heavy atom. The van der Waals surface area contributed by atoms with E-state index in [4.69, 9.17) is 9.47 Å². The average molecular weight is 344 g/mol. The van der Waals surface area contributed by atoms with Crippen molar-refractivity contribution in [2.24, 2.45) is 17.3 Å². The lowest BCUT2D eigenvalue weighted by Crippen LogP contribution is -2.50. The quantitative estimate of drug-likeness (QED) is 0.824. The molecule has 0 bridgehead atoms. The lowest BCUT2D eigenvalue weighted by molar-refractivity contribution is -0.0976. The third-order valence-electron chi connectivity index (χ3n) is 6.23. The zero-order chi connectivity index (χ0) is 17.1. The largest absolute Gasteiger partial charge is 0.381 e. The summed E-state index contributed by atoms with van der Waals surface area (Å²) in [7, 11) is 0. The molecular formula is C20H28N2O3. The predicted molar refractivity (Wildman–Crippen MR) is 94.3 cm³/mol. The molecule has 0 radical (unpaired) electrons. The number of nitrogens with zero attached hydrogens (tertiary/aromatic N) is 2. The number of pyridine rings is 1. The van der Waals surface area contributed by atoms with Crippen LogP contribution in [-0.4, -0.2) is 55.3 Å². The molecule has 1 spiro atoms. The molecular weight excluding hydrogens is 316 g/mol. The molecule has 25 heavy (non-hydrogen) atoms. The summed E-state index contributed by atoms with van der Waals surface area (Å²) >= 11 is 0. The molecule has 1 aliphatic carbocycles. The molecule has 136 valence electrons. The Morgan fingerprint density at radius 2 is 2.08 bits per heavy atom. The Labute approximate surface area is 149 Å². The van der Waals surface area contributed by atoms with Crippen LogP contribution >= 0.6 is 0 Å². The highest BCUT2D eigenvalue weighted by Gasteiger charge is 2.44. The van der Waals surface area contributed by atoms with E-state index in [0.29, 0.717) is 11.6 Å². The van der Waals surface area contributed by atoms with Crippen LogP contribution in [0.4, 0.5) is 0 Å². The van der Waals surface area contributed by atoms with Gasteiger partial charge in [-0.1, -0.05) is 6.07 Å². The molecule has 3 fully saturated rings. The van der Waals surface area contributed by atoms with Crippen LogP contribution < -0.4 is 0 Å². The minimum Gasteiger partial charge on any atom is -0.381 e. The number of rotatable bonds is 5. The molecule has 0 N–H and O–H groups in total. The van der Waals surface area contributed by atoms with Gasteiger partial charge in [0.15, 0.2) is 0 Å². The van der Waals surface area contributed by atoms with E-state index in [9.17, 15) is 4.79 Å². The SMILES string of the molecule is O=C(c1ccccn1)N1CCC2(CCOCC2COCC2CC2)CC1. The maximum atomic E-state index is 12.6. The number of aromatic nitrogens is 1. The zero-order valence-corrected chi connectivity index (χ0v) is 14.9. The fourth-order valence-electron chi connectivity index (χ4n) is 4.23. The van der Waals surface area contributed by atoms with Gasteiger partial charge in [-0.25, -0.2) is 0 Å². The molecule has 1 saturated carbocycles. The van der Waals surface area contributed by atoms with Crippen LogP contribution in [0.2, 0.25) is 0 Å². The second kappa shape index (κ2) is 7.42. The summed E-state index contributed by atoms with van der Waals surface area (Å²) in [5.74, 6) is 1.33. The highest BCUT2D eigenvalue weighted by atomic mass is 16.5. The van der Waals surface area contributed by atoms with E-state index >= 15 is 0 Å². The number of carbonyl (C=O) groups excluding carboxylic acids is 1. The van der Waals surface area contributed by atoms with E-state index in [0.717, 1.165) is 64.7 Å². The molecule has 5 nitrogen and oxygen atoms in total. The van der Waals surface area contributed by atoms with Gasteiger partial charge in [-0.3, -0.25) is 9.78 Å². The Hall–Kier alpha value is -1.46. The van der Waals surface area contributed by atoms with Crippen molar-refractivity contribution in [3.05, 3.63) is 30.1 Å². The molecule has 1 amide bonds. The van der Waals surface area contributed by atoms with Crippen molar-refractivity contribution >= 4 is 5.91 Å². The molecule has 4 rings (SSSR count). The van der Waals surface area contributed by atoms with Crippen molar-refractivity contribution in [2.75, 3.05) is 39.5 Å². The van der Waals surface area contributed by atoms with Gasteiger partial charge in [-0.15, -0.1) is 0 Å². The smallest absolute Gasteiger partial charge is 0.272 e. The summed E-state index contributed by atoms with van der Waals surface area (Å²) in [6, 6.07) is 5.52. The highest BCUT2D eigenvalue weighted by molar-refractivity contribution is 5.92. The molecule has 3 heterocycles. The van der Waals surface area contributed by atoms with Crippen LogP contribution in [0.5, 0.6) is 0 Å². The van der Waals surface area contributed by atoms with Crippen molar-refractivity contribution in [1.82, 2.24) is 9.88 Å². The van der Waals surface area contributed by atoms with Crippen LogP contribution in [0.1, 0.15) is 42.6 Å². The van der Waals surface area contributed by atoms with Gasteiger partial charge in [-0.2, -0.15) is 0 Å². The molecule has 1 aromatic rings. The second-order valence-electron chi connectivity index (χ2n) is 7.87. The van der Waals surface area contributed by atoms with Crippen LogP contribution in [0, 0.1) is 17.3 Å². The first-order valence-electron chi connectivity index (χ1n) is 9.63. The number of amides is 1. The molecule has 3 aliphatic rings. The van der Waals surface area contributed by atoms with Crippen LogP contribution in [0.25, 0.3) is 0 Å². The molecule has 1 aromatic heterocycles. The van der Waals surface area contributed by atoms with E-state index in [1.165, 1.54) is 12.8 Å². The van der Waals surface area contributed by atoms with Gasteiger partial charge < -0.3 is 14.4 Å². The maximum absolute atomic E-state index is 12.6. The van der Waals surface area contributed by atoms with Gasteiger partial charge >= 0.3 is 0 Å². The van der Waals surface area contributed by atoms with Gasteiger partial charge in [0, 0.05) is 38.4 Å². The first-order chi connectivity index (χ1) is 12.3. The number of carbonyl (C=O) groups is 1. The summed E-state index contributed by atoms with van der Waals surface area (Å²) in [5, 5.41) is 0. The lowest BCUT2D eigenvalue weighted by Gasteiger charge is -2.49. The fraction of sp³-hybridized carbons (Fsp3) is 0.700. The summed E-state index contributed by atoms with van der Waals surface area (Å²) in [6.45, 7) is 5.00. The van der Waals surface area contributed by atoms with E-state index in [-0.39, 0.29) is 11.3 Å². The number of likely N-dealkylation sites (tertiary alicyclic amines) is 1. The van der Waals surface area contributed by atoms with Crippen molar-refractivity contribution in [3.63, 3.8) is 0 Å². The number of ether oxygens (including phenoxy) is 2. The van der Waals surface area contributed by atoms with Gasteiger partial charge in [-0.05, 0) is 55.6 Å². The predicted octanol–water partition coefficient (Wildman–Crippen LogP) is 2.77. The van der Waals surface area contributed by atoms with E-state index in [1.807, 2.05) is 17.0 Å². The molecule has 2 aliphatic heterocycles. The van der Waals surface area contributed by atoms with Gasteiger partial charge in [0.2, 0.25) is 0 Å². The van der Waals surface area contributed by atoms with Gasteiger partial charge in [0.1, 0.15) is 5.69 Å². The Bertz CT molecular complexity index is 580. The first kappa shape index (κ1) is 17.0. The molecule has 1 unspecified atom stereocenters. The van der Waals surface area contributed by atoms with E-state index in [2.05, 4.69) is 4.98 Å². The second-order valence-corrected chi connectivity index (χ2v) is 7.87. The number of hydrogen-bond acceptors (Lipinski definition) is 4. The van der Waals surface area contributed by atoms with Crippen molar-refractivity contribution in [1.29, 1.82) is 0 Å². The lowest BCUT2D eigenvalue weighted by atomic mass is 9.66. The number of piperidine rings is 1. The van der Waals surface area contributed by atoms with Gasteiger partial charge in [0.05, 0.1) is 13.2 Å². The third kappa shape index (κ3) is 3.87. The van der Waals surface area contributed by atoms with Crippen molar-refractivity contribution in [3.8, 4) is 0 Å². The zero-order valence-electron chi connectivity index (χ0n) is 14.9. The Morgan fingerprint density at radius 1 is 1.24 bits per heavy atom. The molecule has 5 heteroatoms. The van der Waals surface area contributed by atoms with Gasteiger partial charge in [0.25, 0.3) is 5.91 Å². The maximum Gasteiger partial charge on any atom is 0.272 e. The summed E-state index contributed by atoms with van der Waals surface area (Å²) in [6.07, 6.45) is 7.53. The normalized spacial score (nSPS) is 25.9. The Kier molecular flexibility index (Phi) is 5.04. The van der Waals surface area contributed by atoms with E-state index < -0.39 is 0 Å². The third-order valence-corrected chi connectivity index (χ3v) is 6.23. The van der Waals surface area contributed by atoms with E-state index in [1.54, 1.807) is 12.3 Å². The standard InChI is InChI=1S/C20H28N2O3/c23-19(18-3-1-2-9-21-18)22-10-6-20(7-11-22)8-12-24-14-17(20)15-25-13-16-4-5-16/h1-3,9,16-17H,4-8,10-15H2. The minimum absolute atomic E-state index is 0.0593. The number of hydrogen-bond donors (Lipinski definition) is 0. The molecule has 1 atom stereocenters. The average Bonchev–Trinajstić information content (AvgIpc) is 3.49. The summed E-state index contributed by atoms with van der Waals surface area (Å²) in [5.41, 5.74) is 0.831. The van der Waals surface area contributed by atoms with Crippen LogP contribution in [0.3, 0.4) is 0 Å². The highest BCUT2D eigenvalue weighted by Crippen LogP contribution is 2.45. The fourth-order valence-corrected chi connectivity index (χ4v) is 4.23.